The summed E-state index contributed by atoms with van der Waals surface area (Å²) in [5.41, 5.74) is 1.46. The second-order valence-electron chi connectivity index (χ2n) is 7.32. The monoisotopic (exact) mass is 497 g/mol. The van der Waals surface area contributed by atoms with Gasteiger partial charge in [-0.3, -0.25) is 14.4 Å². The van der Waals surface area contributed by atoms with Crippen LogP contribution in [0.5, 0.6) is 0 Å². The number of nitrogens with zero attached hydrogens (tertiary/aromatic N) is 2. The van der Waals surface area contributed by atoms with E-state index in [1.54, 1.807) is 36.7 Å². The standard InChI is InChI=1S/C24H27N5O5S/c1-35-24-27-13-18(14-28-24)10-6-3-7-11-20(30)25-15-21(31)26-16-22(32)29-19(23(33)34)12-17-8-4-2-5-9-17/h2,4-5,8-9,13-14,19H,3,7,11-12,15-16H2,1H3,(H,25,30)(H,26,31)(H,29,32)(H,33,34)/t19-/m0/s1. The third-order valence-corrected chi connectivity index (χ3v) is 5.13. The van der Waals surface area contributed by atoms with Gasteiger partial charge >= 0.3 is 5.97 Å². The number of carboxylic acid groups (broad SMARTS) is 1. The van der Waals surface area contributed by atoms with Crippen LogP contribution in [0.25, 0.3) is 0 Å². The molecule has 0 aliphatic carbocycles. The van der Waals surface area contributed by atoms with Gasteiger partial charge in [0.2, 0.25) is 17.7 Å². The number of carbonyl (C=O) groups is 4. The average Bonchev–Trinajstić information content (AvgIpc) is 2.86. The largest absolute Gasteiger partial charge is 0.480 e. The molecule has 0 bridgehead atoms. The highest BCUT2D eigenvalue weighted by atomic mass is 32.2. The van der Waals surface area contributed by atoms with Gasteiger partial charge in [0.1, 0.15) is 6.04 Å². The third kappa shape index (κ3) is 11.2. The number of aliphatic carboxylic acids is 1. The molecule has 10 nitrogen and oxygen atoms in total. The van der Waals surface area contributed by atoms with Gasteiger partial charge in [-0.05, 0) is 18.2 Å². The number of aromatic nitrogens is 2. The molecule has 4 N–H and O–H groups in total. The maximum atomic E-state index is 12.0. The Morgan fingerprint density at radius 1 is 1.00 bits per heavy atom. The first-order chi connectivity index (χ1) is 16.9. The molecule has 0 aliphatic heterocycles. The number of benzene rings is 1. The Bertz CT molecular complexity index is 1070. The van der Waals surface area contributed by atoms with Gasteiger partial charge in [-0.1, -0.05) is 53.9 Å². The highest BCUT2D eigenvalue weighted by molar-refractivity contribution is 7.98. The molecule has 1 atom stereocenters. The van der Waals surface area contributed by atoms with E-state index in [4.69, 9.17) is 0 Å². The van der Waals surface area contributed by atoms with Crippen LogP contribution in [0.15, 0.2) is 47.9 Å². The smallest absolute Gasteiger partial charge is 0.326 e. The molecule has 11 heteroatoms. The molecule has 1 aromatic heterocycles. The summed E-state index contributed by atoms with van der Waals surface area (Å²) in [6.07, 6.45) is 6.50. The lowest BCUT2D eigenvalue weighted by molar-refractivity contribution is -0.141. The molecule has 3 amide bonds. The number of hydrogen-bond acceptors (Lipinski definition) is 7. The van der Waals surface area contributed by atoms with Crippen molar-refractivity contribution in [1.82, 2.24) is 25.9 Å². The van der Waals surface area contributed by atoms with Crippen LogP contribution in [0.3, 0.4) is 0 Å². The minimum Gasteiger partial charge on any atom is -0.480 e. The first-order valence-electron chi connectivity index (χ1n) is 10.8. The number of carboxylic acids is 1. The molecule has 2 aromatic rings. The van der Waals surface area contributed by atoms with Crippen molar-refractivity contribution >= 4 is 35.5 Å². The van der Waals surface area contributed by atoms with Crippen LogP contribution in [-0.4, -0.2) is 64.2 Å². The molecule has 1 aromatic carbocycles. The van der Waals surface area contributed by atoms with Crippen molar-refractivity contribution in [1.29, 1.82) is 0 Å². The summed E-state index contributed by atoms with van der Waals surface area (Å²) in [4.78, 5) is 55.5. The predicted octanol–water partition coefficient (Wildman–Crippen LogP) is 0.765. The van der Waals surface area contributed by atoms with E-state index in [1.165, 1.54) is 11.8 Å². The van der Waals surface area contributed by atoms with Gasteiger partial charge in [-0.15, -0.1) is 0 Å². The number of amides is 3. The van der Waals surface area contributed by atoms with Crippen molar-refractivity contribution < 1.29 is 24.3 Å². The first kappa shape index (κ1) is 27.3. The molecular formula is C24H27N5O5S. The predicted molar refractivity (Wildman–Crippen MR) is 130 cm³/mol. The average molecular weight is 498 g/mol. The third-order valence-electron chi connectivity index (χ3n) is 4.56. The molecule has 0 fully saturated rings. The maximum Gasteiger partial charge on any atom is 0.326 e. The van der Waals surface area contributed by atoms with Crippen LogP contribution in [0, 0.1) is 11.8 Å². The molecule has 0 spiro atoms. The van der Waals surface area contributed by atoms with Crippen molar-refractivity contribution in [3.63, 3.8) is 0 Å². The summed E-state index contributed by atoms with van der Waals surface area (Å²) in [7, 11) is 0. The molecule has 0 radical (unpaired) electrons. The topological polar surface area (TPSA) is 150 Å². The fourth-order valence-electron chi connectivity index (χ4n) is 2.79. The van der Waals surface area contributed by atoms with Crippen LogP contribution < -0.4 is 16.0 Å². The zero-order valence-electron chi connectivity index (χ0n) is 19.2. The highest BCUT2D eigenvalue weighted by Crippen LogP contribution is 2.06. The molecule has 1 heterocycles. The van der Waals surface area contributed by atoms with Gasteiger partial charge in [-0.25, -0.2) is 14.8 Å². The van der Waals surface area contributed by atoms with Gasteiger partial charge in [-0.2, -0.15) is 0 Å². The van der Waals surface area contributed by atoms with E-state index in [2.05, 4.69) is 37.8 Å². The Balaban J connectivity index is 1.61. The molecule has 0 aliphatic rings. The Hall–Kier alpha value is -3.91. The molecule has 35 heavy (non-hydrogen) atoms. The van der Waals surface area contributed by atoms with Crippen molar-refractivity contribution in [3.8, 4) is 11.8 Å². The summed E-state index contributed by atoms with van der Waals surface area (Å²) < 4.78 is 0. The number of unbranched alkanes of at least 4 members (excludes halogenated alkanes) is 1. The van der Waals surface area contributed by atoms with Gasteiger partial charge in [0.25, 0.3) is 0 Å². The van der Waals surface area contributed by atoms with Gasteiger partial charge in [0.15, 0.2) is 5.16 Å². The van der Waals surface area contributed by atoms with Gasteiger partial charge < -0.3 is 21.1 Å². The van der Waals surface area contributed by atoms with Crippen molar-refractivity contribution in [3.05, 3.63) is 53.9 Å². The minimum atomic E-state index is -1.17. The van der Waals surface area contributed by atoms with Crippen molar-refractivity contribution in [2.24, 2.45) is 0 Å². The van der Waals surface area contributed by atoms with Crippen molar-refractivity contribution in [2.75, 3.05) is 19.3 Å². The van der Waals surface area contributed by atoms with Crippen LogP contribution in [0.1, 0.15) is 30.4 Å². The fraction of sp³-hybridized carbons (Fsp3) is 0.333. The van der Waals surface area contributed by atoms with Gasteiger partial charge in [0, 0.05) is 31.7 Å². The van der Waals surface area contributed by atoms with Crippen LogP contribution in [0.2, 0.25) is 0 Å². The fourth-order valence-corrected chi connectivity index (χ4v) is 3.11. The Labute approximate surface area is 207 Å². The number of hydrogen-bond donors (Lipinski definition) is 4. The molecule has 0 saturated carbocycles. The number of nitrogens with one attached hydrogen (secondary N) is 3. The number of carbonyl (C=O) groups excluding carboxylic acids is 3. The first-order valence-corrected chi connectivity index (χ1v) is 12.0. The summed E-state index contributed by atoms with van der Waals surface area (Å²) >= 11 is 1.44. The van der Waals surface area contributed by atoms with E-state index < -0.39 is 30.4 Å². The summed E-state index contributed by atoms with van der Waals surface area (Å²) in [5.74, 6) is 3.19. The number of thioether (sulfide) groups is 1. The Kier molecular flexibility index (Phi) is 11.8. The maximum absolute atomic E-state index is 12.0. The van der Waals surface area contributed by atoms with E-state index in [1.807, 2.05) is 12.3 Å². The van der Waals surface area contributed by atoms with Crippen LogP contribution in [-0.2, 0) is 25.6 Å². The summed E-state index contributed by atoms with van der Waals surface area (Å²) in [6, 6.07) is 7.77. The molecule has 2 rings (SSSR count). The Morgan fingerprint density at radius 2 is 1.66 bits per heavy atom. The van der Waals surface area contributed by atoms with E-state index in [9.17, 15) is 24.3 Å². The quantitative estimate of drug-likeness (QED) is 0.145. The second kappa shape index (κ2) is 15.1. The SMILES string of the molecule is CSc1ncc(C#CCCCC(=O)NCC(=O)NCC(=O)N[C@@H](Cc2ccccc2)C(=O)O)cn1. The molecule has 184 valence electrons. The zero-order chi connectivity index (χ0) is 25.5. The van der Waals surface area contributed by atoms with E-state index in [0.29, 0.717) is 23.6 Å². The molecule has 0 unspecified atom stereocenters. The second-order valence-corrected chi connectivity index (χ2v) is 8.09. The van der Waals surface area contributed by atoms with Crippen LogP contribution in [0.4, 0.5) is 0 Å². The lowest BCUT2D eigenvalue weighted by Gasteiger charge is -2.15. The van der Waals surface area contributed by atoms with Crippen molar-refractivity contribution in [2.45, 2.75) is 36.9 Å². The number of rotatable bonds is 12. The molecular weight excluding hydrogens is 470 g/mol. The summed E-state index contributed by atoms with van der Waals surface area (Å²) in [5, 5.41) is 17.2. The normalized spacial score (nSPS) is 10.9. The van der Waals surface area contributed by atoms with Crippen LogP contribution >= 0.6 is 11.8 Å². The highest BCUT2D eigenvalue weighted by Gasteiger charge is 2.20. The van der Waals surface area contributed by atoms with Gasteiger partial charge in [0.05, 0.1) is 18.7 Å². The van der Waals surface area contributed by atoms with E-state index in [-0.39, 0.29) is 25.3 Å². The zero-order valence-corrected chi connectivity index (χ0v) is 20.1. The Morgan fingerprint density at radius 3 is 2.31 bits per heavy atom. The lowest BCUT2D eigenvalue weighted by atomic mass is 10.1. The van der Waals surface area contributed by atoms with E-state index >= 15 is 0 Å². The molecule has 0 saturated heterocycles. The summed E-state index contributed by atoms with van der Waals surface area (Å²) in [6.45, 7) is -0.687. The minimum absolute atomic E-state index is 0.119. The van der Waals surface area contributed by atoms with E-state index in [0.717, 1.165) is 5.56 Å². The lowest BCUT2D eigenvalue weighted by Crippen LogP contribution is -2.47.